The molecule has 0 aromatic carbocycles. The van der Waals surface area contributed by atoms with Crippen LogP contribution in [-0.4, -0.2) is 82.3 Å². The lowest BCUT2D eigenvalue weighted by molar-refractivity contribution is -0.870. The number of carbonyl (C=O) groups is 3. The van der Waals surface area contributed by atoms with Crippen molar-refractivity contribution in [1.29, 1.82) is 0 Å². The third-order valence-corrected chi connectivity index (χ3v) is 13.9. The lowest BCUT2D eigenvalue weighted by atomic mass is 10.1. The summed E-state index contributed by atoms with van der Waals surface area (Å²) in [5, 5.41) is 11.8. The second-order valence-electron chi connectivity index (χ2n) is 23.7. The van der Waals surface area contributed by atoms with Gasteiger partial charge < -0.3 is 33.3 Å². The summed E-state index contributed by atoms with van der Waals surface area (Å²) in [6, 6.07) is 0. The molecule has 0 aliphatic carbocycles. The Labute approximate surface area is 568 Å². The van der Waals surface area contributed by atoms with Crippen molar-refractivity contribution in [2.45, 2.75) is 232 Å². The van der Waals surface area contributed by atoms with E-state index in [0.29, 0.717) is 23.9 Å². The molecular weight excluding hydrogens is 1150 g/mol. The molecule has 0 rings (SSSR count). The molecule has 93 heavy (non-hydrogen) atoms. The van der Waals surface area contributed by atoms with E-state index in [1.54, 1.807) is 0 Å². The van der Waals surface area contributed by atoms with Gasteiger partial charge in [-0.1, -0.05) is 277 Å². The third-order valence-electron chi connectivity index (χ3n) is 13.9. The molecular formula is C84H127NO8. The molecule has 0 aliphatic heterocycles. The highest BCUT2D eigenvalue weighted by Crippen LogP contribution is 2.13. The fourth-order valence-electron chi connectivity index (χ4n) is 8.55. The summed E-state index contributed by atoms with van der Waals surface area (Å²) in [7, 11) is 5.89. The van der Waals surface area contributed by atoms with Gasteiger partial charge in [0.25, 0.3) is 0 Å². The number of esters is 2. The second-order valence-corrected chi connectivity index (χ2v) is 23.7. The van der Waals surface area contributed by atoms with Gasteiger partial charge in [-0.05, 0) is 161 Å². The first-order valence-corrected chi connectivity index (χ1v) is 35.5. The molecule has 0 saturated carbocycles. The zero-order valence-electron chi connectivity index (χ0n) is 58.8. The largest absolute Gasteiger partial charge is 0.545 e. The number of nitrogens with zero attached hydrogens (tertiary/aromatic N) is 1. The van der Waals surface area contributed by atoms with Crippen LogP contribution in [0.1, 0.15) is 219 Å². The van der Waals surface area contributed by atoms with Crippen LogP contribution in [0, 0.1) is 0 Å². The van der Waals surface area contributed by atoms with Gasteiger partial charge in [-0.2, -0.15) is 0 Å². The van der Waals surface area contributed by atoms with Crippen molar-refractivity contribution in [2.75, 3.05) is 47.5 Å². The van der Waals surface area contributed by atoms with E-state index in [-0.39, 0.29) is 32.7 Å². The molecule has 0 aromatic heterocycles. The number of aliphatic carboxylic acids is 1. The summed E-state index contributed by atoms with van der Waals surface area (Å²) >= 11 is 0. The Morgan fingerprint density at radius 3 is 0.860 bits per heavy atom. The van der Waals surface area contributed by atoms with Crippen LogP contribution in [0.4, 0.5) is 0 Å². The van der Waals surface area contributed by atoms with Crippen LogP contribution in [0.3, 0.4) is 0 Å². The Morgan fingerprint density at radius 2 is 0.581 bits per heavy atom. The number of hydrogen-bond donors (Lipinski definition) is 0. The molecule has 0 N–H and O–H groups in total. The minimum atomic E-state index is -1.65. The summed E-state index contributed by atoms with van der Waals surface area (Å²) in [4.78, 5) is 37.5. The van der Waals surface area contributed by atoms with Gasteiger partial charge in [0, 0.05) is 12.8 Å². The summed E-state index contributed by atoms with van der Waals surface area (Å²) < 4.78 is 22.7. The predicted octanol–water partition coefficient (Wildman–Crippen LogP) is 21.3. The molecule has 0 aliphatic rings. The smallest absolute Gasteiger partial charge is 0.306 e. The molecule has 9 heteroatoms. The van der Waals surface area contributed by atoms with E-state index in [1.165, 1.54) is 0 Å². The van der Waals surface area contributed by atoms with Crippen LogP contribution < -0.4 is 5.11 Å². The van der Waals surface area contributed by atoms with Gasteiger partial charge in [-0.15, -0.1) is 0 Å². The van der Waals surface area contributed by atoms with Gasteiger partial charge >= 0.3 is 11.9 Å². The van der Waals surface area contributed by atoms with E-state index in [4.69, 9.17) is 18.9 Å². The third kappa shape index (κ3) is 72.6. The van der Waals surface area contributed by atoms with Crippen LogP contribution in [0.2, 0.25) is 0 Å². The number of ether oxygens (including phenoxy) is 4. The monoisotopic (exact) mass is 1280 g/mol. The number of quaternary nitrogens is 1. The SMILES string of the molecule is CC/C=C\C/C=C\C/C=C\C/C=C\C/C=C\C/C=C\C/C=C\C/C=C\C/C=C\C/C=C\C/C=C\CCCCCCCC(=O)OC(COC(=O)CCCCCC/C=C\C/C=C\C/C=C\C/C=C\C/C=C\C/C=C\C/C=C\C/C=C\CC)COC(OCC[N+](C)(C)C)C(=O)[O-]. The van der Waals surface area contributed by atoms with E-state index in [1.807, 2.05) is 21.1 Å². The maximum Gasteiger partial charge on any atom is 0.306 e. The summed E-state index contributed by atoms with van der Waals surface area (Å²) in [6.07, 6.45) is 111. The highest BCUT2D eigenvalue weighted by atomic mass is 16.7. The number of hydrogen-bond acceptors (Lipinski definition) is 8. The molecule has 0 amide bonds. The van der Waals surface area contributed by atoms with Crippen LogP contribution in [0.25, 0.3) is 0 Å². The average Bonchev–Trinajstić information content (AvgIpc) is 3.38. The van der Waals surface area contributed by atoms with Crippen molar-refractivity contribution in [3.05, 3.63) is 231 Å². The quantitative estimate of drug-likeness (QED) is 0.0195. The highest BCUT2D eigenvalue weighted by molar-refractivity contribution is 5.70. The van der Waals surface area contributed by atoms with Gasteiger partial charge in [-0.3, -0.25) is 9.59 Å². The molecule has 0 fully saturated rings. The van der Waals surface area contributed by atoms with Crippen molar-refractivity contribution >= 4 is 17.9 Å². The second kappa shape index (κ2) is 71.2. The van der Waals surface area contributed by atoms with Crippen LogP contribution in [-0.2, 0) is 33.3 Å². The fraction of sp³-hybridized carbons (Fsp3) is 0.512. The van der Waals surface area contributed by atoms with Gasteiger partial charge in [0.05, 0.1) is 40.3 Å². The minimum Gasteiger partial charge on any atom is -0.545 e. The zero-order valence-corrected chi connectivity index (χ0v) is 58.8. The molecule has 9 nitrogen and oxygen atoms in total. The predicted molar refractivity (Wildman–Crippen MR) is 397 cm³/mol. The van der Waals surface area contributed by atoms with Gasteiger partial charge in [0.1, 0.15) is 13.2 Å². The maximum atomic E-state index is 12.9. The van der Waals surface area contributed by atoms with Crippen LogP contribution in [0.15, 0.2) is 231 Å². The van der Waals surface area contributed by atoms with E-state index in [2.05, 4.69) is 245 Å². The van der Waals surface area contributed by atoms with E-state index >= 15 is 0 Å². The molecule has 0 radical (unpaired) electrons. The lowest BCUT2D eigenvalue weighted by Gasteiger charge is -2.26. The topological polar surface area (TPSA) is 111 Å². The number of allylic oxidation sites excluding steroid dienone is 38. The van der Waals surface area contributed by atoms with Gasteiger partial charge in [0.2, 0.25) is 0 Å². The number of likely N-dealkylation sites (N-methyl/N-ethyl adjacent to an activating group) is 1. The fourth-order valence-corrected chi connectivity index (χ4v) is 8.55. The molecule has 2 unspecified atom stereocenters. The number of carbonyl (C=O) groups excluding carboxylic acids is 3. The number of rotatable bonds is 62. The zero-order chi connectivity index (χ0) is 67.5. The standard InChI is InChI=1S/C84H127NO8/c1-6-8-10-12-14-16-18-20-22-24-26-28-30-32-34-36-37-38-39-40-41-42-43-44-45-47-49-51-53-55-57-59-61-63-65-67-69-71-73-75-82(87)93-80(79-92-84(83(88)89)90-77-76-85(3,4)5)78-91-81(86)74-72-70-68-66-64-62-60-58-56-54-52-50-48-46-35-33-31-29-27-25-23-21-19-17-15-13-11-9-7-2/h8-11,14-17,20-23,26-29,32-35,37-38,40-41,43-44,47-50,53-56,59-62,80,84H,6-7,12-13,18-19,24-25,30-31,36,39,42,45-46,51-52,57-58,63-79H2,1-5H3/b10-8-,11-9-,16-14-,17-15-,22-20-,23-21-,28-26-,29-27-,34-32-,35-33-,38-37-,41-40-,44-43-,49-47-,50-48-,55-53-,56-54-,61-59-,62-60-. The molecule has 0 spiro atoms. The Bertz CT molecular complexity index is 2380. The van der Waals surface area contributed by atoms with Gasteiger partial charge in [0.15, 0.2) is 12.4 Å². The Hall–Kier alpha value is -6.65. The van der Waals surface area contributed by atoms with Crippen molar-refractivity contribution < 1.29 is 42.9 Å². The van der Waals surface area contributed by atoms with Crippen molar-refractivity contribution in [2.24, 2.45) is 0 Å². The highest BCUT2D eigenvalue weighted by Gasteiger charge is 2.22. The Morgan fingerprint density at radius 1 is 0.323 bits per heavy atom. The first kappa shape index (κ1) is 86.4. The average molecular weight is 1280 g/mol. The van der Waals surface area contributed by atoms with Crippen LogP contribution in [0.5, 0.6) is 0 Å². The molecule has 0 aromatic rings. The molecule has 516 valence electrons. The molecule has 0 heterocycles. The molecule has 2 atom stereocenters. The first-order valence-electron chi connectivity index (χ1n) is 35.5. The van der Waals surface area contributed by atoms with E-state index in [0.717, 1.165) is 180 Å². The van der Waals surface area contributed by atoms with Crippen molar-refractivity contribution in [1.82, 2.24) is 0 Å². The number of carboxylic acid groups (broad SMARTS) is 1. The maximum absolute atomic E-state index is 12.9. The summed E-state index contributed by atoms with van der Waals surface area (Å²) in [6.45, 7) is 4.43. The van der Waals surface area contributed by atoms with E-state index < -0.39 is 30.3 Å². The van der Waals surface area contributed by atoms with Crippen molar-refractivity contribution in [3.8, 4) is 0 Å². The van der Waals surface area contributed by atoms with Crippen LogP contribution >= 0.6 is 0 Å². The van der Waals surface area contributed by atoms with Crippen molar-refractivity contribution in [3.63, 3.8) is 0 Å². The minimum absolute atomic E-state index is 0.125. The summed E-state index contributed by atoms with van der Waals surface area (Å²) in [5.41, 5.74) is 0. The number of carboxylic acids is 1. The van der Waals surface area contributed by atoms with E-state index in [9.17, 15) is 19.5 Å². The number of unbranched alkanes of at least 4 members (excludes halogenated alkanes) is 9. The summed E-state index contributed by atoms with van der Waals surface area (Å²) in [5.74, 6) is -2.38. The first-order chi connectivity index (χ1) is 45.6. The Kier molecular flexibility index (Phi) is 66.1. The molecule has 0 bridgehead atoms. The lowest BCUT2D eigenvalue weighted by Crippen LogP contribution is -2.44. The van der Waals surface area contributed by atoms with Gasteiger partial charge in [-0.25, -0.2) is 0 Å². The normalized spacial score (nSPS) is 14.1. The molecule has 0 saturated heterocycles. The Balaban J connectivity index is 4.32.